The van der Waals surface area contributed by atoms with Gasteiger partial charge in [-0.1, -0.05) is 6.07 Å². The molecule has 4 heterocycles. The van der Waals surface area contributed by atoms with Gasteiger partial charge < -0.3 is 10.6 Å². The smallest absolute Gasteiger partial charge is 0.155 e. The van der Waals surface area contributed by atoms with E-state index < -0.39 is 0 Å². The van der Waals surface area contributed by atoms with Crippen LogP contribution in [0.1, 0.15) is 60.3 Å². The first-order valence-corrected chi connectivity index (χ1v) is 10.4. The molecular formula is C22H26N6. The highest BCUT2D eigenvalue weighted by Crippen LogP contribution is 2.50. The summed E-state index contributed by atoms with van der Waals surface area (Å²) in [6.07, 6.45) is 9.49. The monoisotopic (exact) mass is 374 g/mol. The van der Waals surface area contributed by atoms with E-state index in [9.17, 15) is 0 Å². The lowest BCUT2D eigenvalue weighted by molar-refractivity contribution is 0.186. The van der Waals surface area contributed by atoms with E-state index >= 15 is 0 Å². The van der Waals surface area contributed by atoms with Crippen LogP contribution < -0.4 is 10.6 Å². The molecule has 6 rings (SSSR count). The van der Waals surface area contributed by atoms with Crippen LogP contribution >= 0.6 is 0 Å². The van der Waals surface area contributed by atoms with Crippen molar-refractivity contribution in [2.45, 2.75) is 51.0 Å². The van der Waals surface area contributed by atoms with Gasteiger partial charge in [-0.2, -0.15) is 5.10 Å². The van der Waals surface area contributed by atoms with Crippen LogP contribution in [-0.4, -0.2) is 32.7 Å². The van der Waals surface area contributed by atoms with Crippen molar-refractivity contribution in [3.63, 3.8) is 0 Å². The molecule has 28 heavy (non-hydrogen) atoms. The molecule has 0 radical (unpaired) electrons. The molecular weight excluding hydrogens is 348 g/mol. The first-order valence-electron chi connectivity index (χ1n) is 10.4. The number of piperidine rings is 1. The fourth-order valence-corrected chi connectivity index (χ4v) is 5.46. The Morgan fingerprint density at radius 3 is 2.71 bits per heavy atom. The average Bonchev–Trinajstić information content (AvgIpc) is 3.36. The molecule has 1 saturated heterocycles. The van der Waals surface area contributed by atoms with Crippen LogP contribution in [-0.2, 0) is 6.42 Å². The van der Waals surface area contributed by atoms with Crippen molar-refractivity contribution in [1.82, 2.24) is 19.6 Å². The molecule has 6 nitrogen and oxygen atoms in total. The molecule has 144 valence electrons. The van der Waals surface area contributed by atoms with Gasteiger partial charge in [-0.25, -0.2) is 9.50 Å². The minimum atomic E-state index is 0.0975. The minimum Gasteiger partial charge on any atom is -0.355 e. The predicted octanol–water partition coefficient (Wildman–Crippen LogP) is 3.15. The van der Waals surface area contributed by atoms with Gasteiger partial charge in [0.2, 0.25) is 0 Å². The van der Waals surface area contributed by atoms with Crippen molar-refractivity contribution in [2.75, 3.05) is 18.0 Å². The second-order valence-electron chi connectivity index (χ2n) is 8.85. The summed E-state index contributed by atoms with van der Waals surface area (Å²) in [5.41, 5.74) is 12.9. The molecule has 0 unspecified atom stereocenters. The third-order valence-corrected chi connectivity index (χ3v) is 7.21. The normalized spacial score (nSPS) is 23.5. The third kappa shape index (κ3) is 2.27. The van der Waals surface area contributed by atoms with Crippen LogP contribution in [0.3, 0.4) is 0 Å². The van der Waals surface area contributed by atoms with E-state index in [1.807, 2.05) is 18.5 Å². The van der Waals surface area contributed by atoms with Crippen molar-refractivity contribution in [3.8, 4) is 0 Å². The number of rotatable bonds is 2. The van der Waals surface area contributed by atoms with Gasteiger partial charge in [0.1, 0.15) is 5.52 Å². The minimum absolute atomic E-state index is 0.0975. The Labute approximate surface area is 164 Å². The van der Waals surface area contributed by atoms with E-state index in [1.165, 1.54) is 29.8 Å². The van der Waals surface area contributed by atoms with Gasteiger partial charge in [-0.15, -0.1) is 0 Å². The lowest BCUT2D eigenvalue weighted by Crippen LogP contribution is -2.44. The second-order valence-corrected chi connectivity index (χ2v) is 8.85. The largest absolute Gasteiger partial charge is 0.355 e. The Morgan fingerprint density at radius 2 is 1.96 bits per heavy atom. The molecule has 3 aliphatic rings. The maximum Gasteiger partial charge on any atom is 0.155 e. The average molecular weight is 374 g/mol. The van der Waals surface area contributed by atoms with Crippen LogP contribution in [0.2, 0.25) is 0 Å². The van der Waals surface area contributed by atoms with Crippen LogP contribution in [0.5, 0.6) is 0 Å². The van der Waals surface area contributed by atoms with Crippen molar-refractivity contribution >= 4 is 11.3 Å². The van der Waals surface area contributed by atoms with Crippen LogP contribution in [0, 0.1) is 12.3 Å². The van der Waals surface area contributed by atoms with Crippen molar-refractivity contribution in [2.24, 2.45) is 11.1 Å². The highest BCUT2D eigenvalue weighted by molar-refractivity contribution is 5.70. The molecule has 1 aliphatic heterocycles. The van der Waals surface area contributed by atoms with Crippen molar-refractivity contribution in [1.29, 1.82) is 0 Å². The SMILES string of the molecule is Cc1nc(N2CCC3(CC2)Cc2ncccc2[C@H]3N)c2ccnn2c1C1CC1. The number of nitrogens with two attached hydrogens (primary N) is 1. The Hall–Kier alpha value is -2.47. The first kappa shape index (κ1) is 16.5. The summed E-state index contributed by atoms with van der Waals surface area (Å²) in [6, 6.07) is 6.38. The van der Waals surface area contributed by atoms with Crippen LogP contribution in [0.4, 0.5) is 5.82 Å². The Kier molecular flexibility index (Phi) is 3.39. The van der Waals surface area contributed by atoms with Gasteiger partial charge >= 0.3 is 0 Å². The van der Waals surface area contributed by atoms with Gasteiger partial charge in [-0.3, -0.25) is 4.98 Å². The lowest BCUT2D eigenvalue weighted by atomic mass is 9.73. The fraction of sp³-hybridized carbons (Fsp3) is 0.500. The molecule has 3 aromatic rings. The number of fused-ring (bicyclic) bond motifs is 2. The van der Waals surface area contributed by atoms with Gasteiger partial charge in [-0.05, 0) is 62.1 Å². The van der Waals surface area contributed by atoms with E-state index in [4.69, 9.17) is 10.7 Å². The van der Waals surface area contributed by atoms with Crippen molar-refractivity contribution < 1.29 is 0 Å². The molecule has 6 heteroatoms. The Bertz CT molecular complexity index is 1060. The highest BCUT2D eigenvalue weighted by Gasteiger charge is 2.47. The molecule has 2 aliphatic carbocycles. The lowest BCUT2D eigenvalue weighted by Gasteiger charge is -2.42. The molecule has 2 N–H and O–H groups in total. The molecule has 2 fully saturated rings. The van der Waals surface area contributed by atoms with Crippen LogP contribution in [0.25, 0.3) is 5.52 Å². The van der Waals surface area contributed by atoms with Crippen molar-refractivity contribution in [3.05, 3.63) is 53.2 Å². The molecule has 1 atom stereocenters. The van der Waals surface area contributed by atoms with E-state index in [0.29, 0.717) is 5.92 Å². The van der Waals surface area contributed by atoms with E-state index in [0.717, 1.165) is 49.4 Å². The van der Waals surface area contributed by atoms with Gasteiger partial charge in [0.05, 0.1) is 17.6 Å². The zero-order chi connectivity index (χ0) is 18.9. The highest BCUT2D eigenvalue weighted by atomic mass is 15.3. The topological polar surface area (TPSA) is 72.3 Å². The summed E-state index contributed by atoms with van der Waals surface area (Å²) in [7, 11) is 0. The number of pyridine rings is 1. The molecule has 0 amide bonds. The molecule has 0 aromatic carbocycles. The summed E-state index contributed by atoms with van der Waals surface area (Å²) in [4.78, 5) is 12.1. The maximum atomic E-state index is 6.71. The van der Waals surface area contributed by atoms with Crippen LogP contribution in [0.15, 0.2) is 30.6 Å². The molecule has 3 aromatic heterocycles. The van der Waals surface area contributed by atoms with Gasteiger partial charge in [0, 0.05) is 36.9 Å². The Morgan fingerprint density at radius 1 is 1.14 bits per heavy atom. The quantitative estimate of drug-likeness (QED) is 0.746. The fourth-order valence-electron chi connectivity index (χ4n) is 5.46. The summed E-state index contributed by atoms with van der Waals surface area (Å²) >= 11 is 0. The van der Waals surface area contributed by atoms with Gasteiger partial charge in [0.25, 0.3) is 0 Å². The number of hydrogen-bond acceptors (Lipinski definition) is 5. The second kappa shape index (κ2) is 5.77. The molecule has 1 saturated carbocycles. The zero-order valence-corrected chi connectivity index (χ0v) is 16.3. The van der Waals surface area contributed by atoms with E-state index in [-0.39, 0.29) is 11.5 Å². The number of aromatic nitrogens is 4. The van der Waals surface area contributed by atoms with Gasteiger partial charge in [0.15, 0.2) is 5.82 Å². The summed E-state index contributed by atoms with van der Waals surface area (Å²) in [6.45, 7) is 4.11. The third-order valence-electron chi connectivity index (χ3n) is 7.21. The molecule has 0 bridgehead atoms. The standard InChI is InChI=1S/C22H26N6/c1-14-19(15-4-5-15)28-18(6-10-25-28)21(26-14)27-11-7-22(8-12-27)13-17-16(20(22)23)3-2-9-24-17/h2-3,6,9-10,15,20H,4-5,7-8,11-13,23H2,1H3/t20-/m1/s1. The Balaban J connectivity index is 1.31. The first-order chi connectivity index (χ1) is 13.7. The number of nitrogens with zero attached hydrogens (tertiary/aromatic N) is 5. The summed E-state index contributed by atoms with van der Waals surface area (Å²) in [5.74, 6) is 1.72. The number of hydrogen-bond donors (Lipinski definition) is 1. The predicted molar refractivity (Wildman–Crippen MR) is 108 cm³/mol. The van der Waals surface area contributed by atoms with E-state index in [2.05, 4.69) is 38.6 Å². The zero-order valence-electron chi connectivity index (χ0n) is 16.3. The summed E-state index contributed by atoms with van der Waals surface area (Å²) < 4.78 is 2.14. The number of aryl methyl sites for hydroxylation is 1. The maximum absolute atomic E-state index is 6.71. The number of anilines is 1. The van der Waals surface area contributed by atoms with E-state index in [1.54, 1.807) is 0 Å². The summed E-state index contributed by atoms with van der Waals surface area (Å²) in [5, 5.41) is 4.63. The molecule has 1 spiro atoms.